The van der Waals surface area contributed by atoms with Gasteiger partial charge in [0.15, 0.2) is 11.5 Å². The van der Waals surface area contributed by atoms with Gasteiger partial charge < -0.3 is 10.2 Å². The first-order valence-electron chi connectivity index (χ1n) is 5.19. The first-order chi connectivity index (χ1) is 8.65. The lowest BCUT2D eigenvalue weighted by atomic mass is 10.3. The van der Waals surface area contributed by atoms with Gasteiger partial charge in [0, 0.05) is 5.02 Å². The number of hydrogen-bond donors (Lipinski definition) is 2. The number of aromatic hydroxyl groups is 2. The fourth-order valence-electron chi connectivity index (χ4n) is 1.68. The highest BCUT2D eigenvalue weighted by atomic mass is 35.5. The molecule has 2 aromatic carbocycles. The molecule has 0 radical (unpaired) electrons. The van der Waals surface area contributed by atoms with E-state index >= 15 is 0 Å². The van der Waals surface area contributed by atoms with Crippen LogP contribution in [0.15, 0.2) is 36.4 Å². The molecule has 2 N–H and O–H groups in total. The van der Waals surface area contributed by atoms with Gasteiger partial charge in [-0.3, -0.25) is 0 Å². The zero-order valence-electron chi connectivity index (χ0n) is 9.08. The topological polar surface area (TPSA) is 71.2 Å². The number of aromatic nitrogens is 3. The lowest BCUT2D eigenvalue weighted by Gasteiger charge is -2.03. The van der Waals surface area contributed by atoms with Gasteiger partial charge in [-0.1, -0.05) is 17.7 Å². The van der Waals surface area contributed by atoms with Gasteiger partial charge in [-0.2, -0.15) is 0 Å². The molecule has 0 aliphatic heterocycles. The maximum Gasteiger partial charge on any atom is 0.185 e. The van der Waals surface area contributed by atoms with Crippen molar-refractivity contribution in [1.29, 1.82) is 0 Å². The van der Waals surface area contributed by atoms with Crippen LogP contribution >= 0.6 is 11.6 Å². The number of rotatable bonds is 1. The summed E-state index contributed by atoms with van der Waals surface area (Å²) in [5, 5.41) is 28.2. The molecule has 6 heteroatoms. The smallest absolute Gasteiger partial charge is 0.185 e. The summed E-state index contributed by atoms with van der Waals surface area (Å²) in [5.74, 6) is -0.476. The maximum atomic E-state index is 9.75. The number of phenolic OH excluding ortho intramolecular Hbond substituents is 2. The third-order valence-electron chi connectivity index (χ3n) is 2.55. The molecule has 0 bridgehead atoms. The molecule has 0 saturated heterocycles. The van der Waals surface area contributed by atoms with Crippen LogP contribution in [0, 0.1) is 0 Å². The first-order valence-corrected chi connectivity index (χ1v) is 5.57. The van der Waals surface area contributed by atoms with E-state index in [0.717, 1.165) is 0 Å². The third kappa shape index (κ3) is 1.65. The average molecular weight is 262 g/mol. The van der Waals surface area contributed by atoms with Crippen molar-refractivity contribution in [1.82, 2.24) is 15.0 Å². The lowest BCUT2D eigenvalue weighted by molar-refractivity contribution is 0.400. The highest BCUT2D eigenvalue weighted by molar-refractivity contribution is 6.31. The number of phenols is 2. The molecule has 0 spiro atoms. The maximum absolute atomic E-state index is 9.75. The van der Waals surface area contributed by atoms with Gasteiger partial charge in [0.05, 0.1) is 0 Å². The van der Waals surface area contributed by atoms with E-state index in [0.29, 0.717) is 21.7 Å². The highest BCUT2D eigenvalue weighted by Gasteiger charge is 2.11. The Morgan fingerprint density at radius 2 is 1.78 bits per heavy atom. The Morgan fingerprint density at radius 1 is 1.00 bits per heavy atom. The zero-order valence-corrected chi connectivity index (χ0v) is 9.83. The Morgan fingerprint density at radius 3 is 2.61 bits per heavy atom. The van der Waals surface area contributed by atoms with E-state index in [1.54, 1.807) is 30.3 Å². The summed E-state index contributed by atoms with van der Waals surface area (Å²) in [6.07, 6.45) is 0. The summed E-state index contributed by atoms with van der Waals surface area (Å²) in [4.78, 5) is 1.26. The first kappa shape index (κ1) is 10.9. The van der Waals surface area contributed by atoms with Gasteiger partial charge in [0.1, 0.15) is 16.7 Å². The second-order valence-electron chi connectivity index (χ2n) is 3.77. The standard InChI is InChI=1S/C12H8ClN3O2/c13-7-4-5-8-9(6-7)15-16(14-8)10-2-1-3-11(17)12(10)18/h1-6,17-18H. The zero-order chi connectivity index (χ0) is 12.7. The molecule has 0 atom stereocenters. The number of nitrogens with zero attached hydrogens (tertiary/aromatic N) is 3. The molecule has 5 nitrogen and oxygen atoms in total. The Bertz CT molecular complexity index is 739. The van der Waals surface area contributed by atoms with E-state index in [2.05, 4.69) is 10.2 Å². The number of benzene rings is 2. The van der Waals surface area contributed by atoms with E-state index in [-0.39, 0.29) is 11.5 Å². The van der Waals surface area contributed by atoms with Gasteiger partial charge in [-0.15, -0.1) is 15.0 Å². The molecule has 18 heavy (non-hydrogen) atoms. The van der Waals surface area contributed by atoms with Crippen molar-refractivity contribution in [2.45, 2.75) is 0 Å². The van der Waals surface area contributed by atoms with Crippen molar-refractivity contribution < 1.29 is 10.2 Å². The summed E-state index contributed by atoms with van der Waals surface area (Å²) >= 11 is 5.86. The van der Waals surface area contributed by atoms with Gasteiger partial charge in [0.2, 0.25) is 0 Å². The van der Waals surface area contributed by atoms with Crippen molar-refractivity contribution in [2.75, 3.05) is 0 Å². The summed E-state index contributed by atoms with van der Waals surface area (Å²) in [5.41, 5.74) is 1.58. The normalized spacial score (nSPS) is 10.9. The molecule has 0 fully saturated rings. The van der Waals surface area contributed by atoms with Crippen LogP contribution < -0.4 is 0 Å². The van der Waals surface area contributed by atoms with Gasteiger partial charge in [-0.25, -0.2) is 0 Å². The Labute approximate surface area is 107 Å². The number of halogens is 1. The quantitative estimate of drug-likeness (QED) is 0.660. The minimum absolute atomic E-state index is 0.216. The summed E-state index contributed by atoms with van der Waals surface area (Å²) in [7, 11) is 0. The van der Waals surface area contributed by atoms with Crippen LogP contribution in [0.5, 0.6) is 11.5 Å². The molecule has 0 amide bonds. The molecular weight excluding hydrogens is 254 g/mol. The largest absolute Gasteiger partial charge is 0.504 e. The minimum Gasteiger partial charge on any atom is -0.504 e. The molecule has 3 rings (SSSR count). The number of hydrogen-bond acceptors (Lipinski definition) is 4. The van der Waals surface area contributed by atoms with Crippen LogP contribution in [0.2, 0.25) is 5.02 Å². The van der Waals surface area contributed by atoms with Crippen LogP contribution in [0.4, 0.5) is 0 Å². The monoisotopic (exact) mass is 261 g/mol. The third-order valence-corrected chi connectivity index (χ3v) is 2.79. The summed E-state index contributed by atoms with van der Waals surface area (Å²) in [6, 6.07) is 9.73. The highest BCUT2D eigenvalue weighted by Crippen LogP contribution is 2.30. The van der Waals surface area contributed by atoms with E-state index in [1.165, 1.54) is 10.9 Å². The second-order valence-corrected chi connectivity index (χ2v) is 4.20. The molecule has 90 valence electrons. The van der Waals surface area contributed by atoms with E-state index in [9.17, 15) is 10.2 Å². The number of para-hydroxylation sites is 1. The average Bonchev–Trinajstić information content (AvgIpc) is 2.75. The summed E-state index contributed by atoms with van der Waals surface area (Å²) in [6.45, 7) is 0. The lowest BCUT2D eigenvalue weighted by Crippen LogP contribution is -1.98. The Kier molecular flexibility index (Phi) is 2.34. The van der Waals surface area contributed by atoms with Gasteiger partial charge >= 0.3 is 0 Å². The Hall–Kier alpha value is -2.27. The molecule has 1 aromatic heterocycles. The van der Waals surface area contributed by atoms with Crippen LogP contribution in [0.25, 0.3) is 16.7 Å². The fraction of sp³-hybridized carbons (Fsp3) is 0. The second kappa shape index (κ2) is 3.89. The van der Waals surface area contributed by atoms with Gasteiger partial charge in [-0.05, 0) is 30.3 Å². The van der Waals surface area contributed by atoms with E-state index in [4.69, 9.17) is 11.6 Å². The van der Waals surface area contributed by atoms with Crippen molar-refractivity contribution in [2.24, 2.45) is 0 Å². The number of fused-ring (bicyclic) bond motifs is 1. The SMILES string of the molecule is Oc1cccc(-n2nc3ccc(Cl)cc3n2)c1O. The van der Waals surface area contributed by atoms with E-state index in [1.807, 2.05) is 0 Å². The van der Waals surface area contributed by atoms with Crippen LogP contribution in [-0.4, -0.2) is 25.2 Å². The fourth-order valence-corrected chi connectivity index (χ4v) is 1.84. The molecule has 0 aliphatic rings. The Balaban J connectivity index is 2.22. The summed E-state index contributed by atoms with van der Waals surface area (Å²) < 4.78 is 0. The molecule has 0 saturated carbocycles. The molecule has 1 heterocycles. The van der Waals surface area contributed by atoms with Crippen molar-refractivity contribution >= 4 is 22.6 Å². The molecule has 0 unspecified atom stereocenters. The van der Waals surface area contributed by atoms with Crippen molar-refractivity contribution in [3.63, 3.8) is 0 Å². The molecule has 0 aliphatic carbocycles. The van der Waals surface area contributed by atoms with Crippen LogP contribution in [0.1, 0.15) is 0 Å². The van der Waals surface area contributed by atoms with Crippen molar-refractivity contribution in [3.8, 4) is 17.2 Å². The van der Waals surface area contributed by atoms with Crippen LogP contribution in [0.3, 0.4) is 0 Å². The van der Waals surface area contributed by atoms with E-state index < -0.39 is 0 Å². The van der Waals surface area contributed by atoms with Gasteiger partial charge in [0.25, 0.3) is 0 Å². The predicted molar refractivity (Wildman–Crippen MR) is 67.2 cm³/mol. The minimum atomic E-state index is -0.260. The molecule has 3 aromatic rings. The predicted octanol–water partition coefficient (Wildman–Crippen LogP) is 2.49. The van der Waals surface area contributed by atoms with Crippen molar-refractivity contribution in [3.05, 3.63) is 41.4 Å². The molecular formula is C12H8ClN3O2. The van der Waals surface area contributed by atoms with Crippen LogP contribution in [-0.2, 0) is 0 Å².